The van der Waals surface area contributed by atoms with Crippen LogP contribution in [0.2, 0.25) is 0 Å². The fourth-order valence-corrected chi connectivity index (χ4v) is 7.09. The number of nitrogens with one attached hydrogen (secondary N) is 2. The molecule has 2 saturated carbocycles. The number of Topliss-reactive ketones (excluding diaryl/α,β-unsaturated/α-hetero) is 1. The number of rotatable bonds is 3. The van der Waals surface area contributed by atoms with Gasteiger partial charge in [-0.3, -0.25) is 15.4 Å². The minimum absolute atomic E-state index is 0.0906. The highest BCUT2D eigenvalue weighted by Gasteiger charge is 2.58. The molecule has 1 aromatic rings. The van der Waals surface area contributed by atoms with Gasteiger partial charge in [0.15, 0.2) is 5.78 Å². The van der Waals surface area contributed by atoms with Crippen LogP contribution in [-0.2, 0) is 9.47 Å². The quantitative estimate of drug-likeness (QED) is 0.178. The number of hydrogen-bond acceptors (Lipinski definition) is 8. The fourth-order valence-electron chi connectivity index (χ4n) is 7.09. The minimum Gasteiger partial charge on any atom is -0.508 e. The van der Waals surface area contributed by atoms with Crippen molar-refractivity contribution in [3.8, 4) is 11.5 Å². The summed E-state index contributed by atoms with van der Waals surface area (Å²) in [5.74, 6) is -1.40. The Morgan fingerprint density at radius 1 is 0.881 bits per heavy atom. The molecule has 234 valence electrons. The largest absolute Gasteiger partial charge is 0.508 e. The normalized spacial score (nSPS) is 27.2. The molecule has 0 saturated heterocycles. The number of phenolic OH excluding ortho intramolecular Hbond substituents is 2. The molecule has 2 fully saturated rings. The number of phenols is 2. The van der Waals surface area contributed by atoms with Gasteiger partial charge >= 0.3 is 12.2 Å². The average molecular weight is 588 g/mol. The summed E-state index contributed by atoms with van der Waals surface area (Å²) in [5.41, 5.74) is -1.80. The van der Waals surface area contributed by atoms with Gasteiger partial charge in [0.1, 0.15) is 22.7 Å². The van der Waals surface area contributed by atoms with Crippen LogP contribution in [-0.4, -0.2) is 51.4 Å². The van der Waals surface area contributed by atoms with Crippen LogP contribution < -0.4 is 10.6 Å². The summed E-state index contributed by atoms with van der Waals surface area (Å²) in [4.78, 5) is 44.6. The predicted octanol–water partition coefficient (Wildman–Crippen LogP) is 6.54. The minimum atomic E-state index is -0.786. The third kappa shape index (κ3) is 7.95. The van der Waals surface area contributed by atoms with E-state index < -0.39 is 35.3 Å². The molecule has 3 rings (SSSR count). The van der Waals surface area contributed by atoms with Crippen molar-refractivity contribution in [2.75, 3.05) is 0 Å². The number of benzene rings is 1. The molecule has 10 heteroatoms. The van der Waals surface area contributed by atoms with Gasteiger partial charge in [0.2, 0.25) is 5.96 Å². The molecule has 0 aromatic heterocycles. The number of carbonyl (C=O) groups is 3. The van der Waals surface area contributed by atoms with Crippen LogP contribution in [0.15, 0.2) is 23.2 Å². The summed E-state index contributed by atoms with van der Waals surface area (Å²) in [7, 11) is 0. The van der Waals surface area contributed by atoms with E-state index in [1.165, 1.54) is 18.2 Å². The highest BCUT2D eigenvalue weighted by molar-refractivity contribution is 6.02. The van der Waals surface area contributed by atoms with E-state index >= 15 is 0 Å². The number of ketones is 1. The van der Waals surface area contributed by atoms with Crippen molar-refractivity contribution in [3.63, 3.8) is 0 Å². The number of ether oxygens (including phenoxy) is 2. The molecule has 2 amide bonds. The number of amides is 2. The summed E-state index contributed by atoms with van der Waals surface area (Å²) in [5, 5.41) is 25.5. The molecule has 0 bridgehead atoms. The average Bonchev–Trinajstić information content (AvgIpc) is 2.76. The fraction of sp³-hybridized carbons (Fsp3) is 0.688. The molecular weight excluding hydrogens is 538 g/mol. The molecule has 2 aliphatic carbocycles. The van der Waals surface area contributed by atoms with Crippen LogP contribution in [0, 0.1) is 28.6 Å². The van der Waals surface area contributed by atoms with Gasteiger partial charge in [0, 0.05) is 17.5 Å². The Bertz CT molecular complexity index is 1180. The van der Waals surface area contributed by atoms with Gasteiger partial charge in [-0.2, -0.15) is 0 Å². The van der Waals surface area contributed by atoms with E-state index in [4.69, 9.17) is 14.5 Å². The van der Waals surface area contributed by atoms with Gasteiger partial charge in [-0.05, 0) is 95.6 Å². The van der Waals surface area contributed by atoms with E-state index in [-0.39, 0.29) is 51.5 Å². The van der Waals surface area contributed by atoms with Crippen LogP contribution in [0.1, 0.15) is 105 Å². The van der Waals surface area contributed by atoms with Gasteiger partial charge in [-0.25, -0.2) is 14.6 Å². The first kappa shape index (κ1) is 33.2. The number of nitrogens with zero attached hydrogens (tertiary/aromatic N) is 1. The van der Waals surface area contributed by atoms with E-state index in [0.717, 1.165) is 19.3 Å². The maximum absolute atomic E-state index is 14.2. The smallest absolute Gasteiger partial charge is 0.414 e. The SMILES string of the molecule is C[C@@H]1[C@H](N=C(NC(=O)OC(C)(C)C)NC(=O)OC(C)(C)C)C[C@H]2C(C)(C)CCC[C@]2(C)[C@H]1C(=O)c1cc(O)cc(O)c1. The van der Waals surface area contributed by atoms with Crippen LogP contribution in [0.5, 0.6) is 11.5 Å². The number of guanidine groups is 1. The van der Waals surface area contributed by atoms with Gasteiger partial charge in [0.05, 0.1) is 6.04 Å². The lowest BCUT2D eigenvalue weighted by atomic mass is 9.45. The lowest BCUT2D eigenvalue weighted by Gasteiger charge is -2.59. The lowest BCUT2D eigenvalue weighted by molar-refractivity contribution is -0.0863. The highest BCUT2D eigenvalue weighted by atomic mass is 16.6. The van der Waals surface area contributed by atoms with E-state index in [0.29, 0.717) is 6.42 Å². The third-order valence-corrected chi connectivity index (χ3v) is 8.60. The predicted molar refractivity (Wildman–Crippen MR) is 161 cm³/mol. The maximum Gasteiger partial charge on any atom is 0.414 e. The Labute approximate surface area is 249 Å². The lowest BCUT2D eigenvalue weighted by Crippen LogP contribution is -2.57. The summed E-state index contributed by atoms with van der Waals surface area (Å²) in [6.45, 7) is 18.9. The molecule has 5 atom stereocenters. The Balaban J connectivity index is 2.08. The molecule has 1 aromatic carbocycles. The second-order valence-electron chi connectivity index (χ2n) is 14.9. The van der Waals surface area contributed by atoms with Crippen molar-refractivity contribution < 1.29 is 34.1 Å². The summed E-state index contributed by atoms with van der Waals surface area (Å²) < 4.78 is 10.8. The molecule has 2 aliphatic rings. The van der Waals surface area contributed by atoms with Gasteiger partial charge in [-0.1, -0.05) is 34.1 Å². The van der Waals surface area contributed by atoms with Gasteiger partial charge < -0.3 is 19.7 Å². The van der Waals surface area contributed by atoms with Crippen molar-refractivity contribution in [2.45, 2.75) is 112 Å². The van der Waals surface area contributed by atoms with Crippen LogP contribution in [0.25, 0.3) is 0 Å². The standard InChI is InChI=1S/C32H49N3O7/c1-18-22(33-26(34-27(39)41-29(2,3)4)35-28(40)42-30(5,6)7)17-23-31(8,9)12-11-13-32(23,10)24(18)25(38)19-14-20(36)16-21(37)15-19/h14-16,18,22-24,36-37H,11-13,17H2,1-10H3,(H2,33,34,35,39,40)/t18-,22-,23+,24-,32+/m1/s1. The van der Waals surface area contributed by atoms with E-state index in [1.54, 1.807) is 41.5 Å². The maximum atomic E-state index is 14.2. The summed E-state index contributed by atoms with van der Waals surface area (Å²) >= 11 is 0. The molecular formula is C32H49N3O7. The molecule has 4 N–H and O–H groups in total. The van der Waals surface area contributed by atoms with E-state index in [1.807, 2.05) is 6.92 Å². The first-order valence-electron chi connectivity index (χ1n) is 14.8. The Kier molecular flexibility index (Phi) is 9.30. The number of carbonyl (C=O) groups excluding carboxylic acids is 3. The molecule has 0 heterocycles. The first-order chi connectivity index (χ1) is 19.1. The van der Waals surface area contributed by atoms with Crippen molar-refractivity contribution in [2.24, 2.45) is 33.6 Å². The monoisotopic (exact) mass is 587 g/mol. The van der Waals surface area contributed by atoms with Gasteiger partial charge in [-0.15, -0.1) is 0 Å². The molecule has 0 aliphatic heterocycles. The van der Waals surface area contributed by atoms with Crippen molar-refractivity contribution >= 4 is 23.9 Å². The van der Waals surface area contributed by atoms with Crippen molar-refractivity contribution in [3.05, 3.63) is 23.8 Å². The van der Waals surface area contributed by atoms with Crippen molar-refractivity contribution in [1.29, 1.82) is 0 Å². The number of fused-ring (bicyclic) bond motifs is 1. The number of aromatic hydroxyl groups is 2. The highest BCUT2D eigenvalue weighted by Crippen LogP contribution is 2.62. The Hall–Kier alpha value is -3.30. The Morgan fingerprint density at radius 2 is 1.38 bits per heavy atom. The Morgan fingerprint density at radius 3 is 1.86 bits per heavy atom. The molecule has 42 heavy (non-hydrogen) atoms. The van der Waals surface area contributed by atoms with Crippen molar-refractivity contribution in [1.82, 2.24) is 10.6 Å². The second-order valence-corrected chi connectivity index (χ2v) is 14.9. The van der Waals surface area contributed by atoms with E-state index in [2.05, 4.69) is 31.4 Å². The van der Waals surface area contributed by atoms with E-state index in [9.17, 15) is 24.6 Å². The van der Waals surface area contributed by atoms with Crippen LogP contribution in [0.4, 0.5) is 9.59 Å². The summed E-state index contributed by atoms with van der Waals surface area (Å²) in [6, 6.07) is 3.50. The number of aliphatic imine (C=N–C) groups is 1. The number of alkyl carbamates (subject to hydrolysis) is 2. The zero-order valence-corrected chi connectivity index (χ0v) is 26.8. The third-order valence-electron chi connectivity index (χ3n) is 8.60. The molecule has 0 radical (unpaired) electrons. The molecule has 0 unspecified atom stereocenters. The molecule has 0 spiro atoms. The van der Waals surface area contributed by atoms with Crippen LogP contribution >= 0.6 is 0 Å². The topological polar surface area (TPSA) is 147 Å². The first-order valence-corrected chi connectivity index (χ1v) is 14.8. The second kappa shape index (κ2) is 11.8. The molecule has 10 nitrogen and oxygen atoms in total. The number of hydrogen-bond donors (Lipinski definition) is 4. The van der Waals surface area contributed by atoms with Crippen LogP contribution in [0.3, 0.4) is 0 Å². The zero-order chi connectivity index (χ0) is 31.8. The van der Waals surface area contributed by atoms with Gasteiger partial charge in [0.25, 0.3) is 0 Å². The summed E-state index contributed by atoms with van der Waals surface area (Å²) in [6.07, 6.45) is 1.88. The zero-order valence-electron chi connectivity index (χ0n) is 26.8.